The van der Waals surface area contributed by atoms with Crippen molar-refractivity contribution in [1.82, 2.24) is 0 Å². The van der Waals surface area contributed by atoms with Crippen molar-refractivity contribution in [1.29, 1.82) is 0 Å². The fourth-order valence-corrected chi connectivity index (χ4v) is 1.56. The molecule has 1 atom stereocenters. The van der Waals surface area contributed by atoms with Crippen LogP contribution in [-0.4, -0.2) is 39.5 Å². The van der Waals surface area contributed by atoms with E-state index in [-0.39, 0.29) is 12.6 Å². The van der Waals surface area contributed by atoms with Crippen LogP contribution in [0.15, 0.2) is 12.2 Å². The molecule has 4 heteroatoms. The fraction of sp³-hybridized carbons (Fsp3) is 0.750. The molecule has 0 aliphatic heterocycles. The summed E-state index contributed by atoms with van der Waals surface area (Å²) in [6, 6.07) is 0. The van der Waals surface area contributed by atoms with Gasteiger partial charge in [-0.05, 0) is 25.2 Å². The molecule has 1 rings (SSSR count). The highest BCUT2D eigenvalue weighted by atomic mass is 16.6. The molecule has 0 aromatic heterocycles. The van der Waals surface area contributed by atoms with E-state index >= 15 is 0 Å². The van der Waals surface area contributed by atoms with E-state index < -0.39 is 0 Å². The zero-order valence-electron chi connectivity index (χ0n) is 9.81. The molecule has 0 spiro atoms. The number of rotatable bonds is 7. The molecule has 1 aliphatic rings. The first kappa shape index (κ1) is 13.2. The first-order valence-electron chi connectivity index (χ1n) is 5.70. The molecule has 0 radical (unpaired) electrons. The Morgan fingerprint density at radius 3 is 2.94 bits per heavy atom. The van der Waals surface area contributed by atoms with Crippen LogP contribution >= 0.6 is 0 Å². The zero-order valence-corrected chi connectivity index (χ0v) is 9.81. The van der Waals surface area contributed by atoms with Crippen molar-refractivity contribution in [2.75, 3.05) is 33.5 Å². The van der Waals surface area contributed by atoms with Gasteiger partial charge in [0, 0.05) is 7.11 Å². The van der Waals surface area contributed by atoms with Gasteiger partial charge in [-0.2, -0.15) is 0 Å². The molecule has 0 aromatic carbocycles. The third-order valence-electron chi connectivity index (χ3n) is 2.51. The van der Waals surface area contributed by atoms with E-state index in [1.165, 1.54) is 0 Å². The Morgan fingerprint density at radius 1 is 1.38 bits per heavy atom. The second-order valence-corrected chi connectivity index (χ2v) is 3.88. The van der Waals surface area contributed by atoms with E-state index in [2.05, 4.69) is 12.2 Å². The SMILES string of the molecule is COCCOCC(=O)OCC1CC=CCC1. The number of hydrogen-bond donors (Lipinski definition) is 0. The Hall–Kier alpha value is -0.870. The number of allylic oxidation sites excluding steroid dienone is 2. The van der Waals surface area contributed by atoms with Crippen molar-refractivity contribution in [2.24, 2.45) is 5.92 Å². The fourth-order valence-electron chi connectivity index (χ4n) is 1.56. The number of carbonyl (C=O) groups excluding carboxylic acids is 1. The van der Waals surface area contributed by atoms with Gasteiger partial charge in [0.05, 0.1) is 19.8 Å². The molecular formula is C12H20O4. The van der Waals surface area contributed by atoms with Crippen molar-refractivity contribution in [3.05, 3.63) is 12.2 Å². The molecule has 0 aromatic rings. The molecule has 0 heterocycles. The minimum Gasteiger partial charge on any atom is -0.464 e. The van der Waals surface area contributed by atoms with Gasteiger partial charge in [-0.3, -0.25) is 0 Å². The van der Waals surface area contributed by atoms with Gasteiger partial charge in [0.2, 0.25) is 0 Å². The van der Waals surface area contributed by atoms with E-state index in [1.54, 1.807) is 7.11 Å². The van der Waals surface area contributed by atoms with Gasteiger partial charge in [0.1, 0.15) is 6.61 Å². The summed E-state index contributed by atoms with van der Waals surface area (Å²) in [5, 5.41) is 0. The summed E-state index contributed by atoms with van der Waals surface area (Å²) in [4.78, 5) is 11.2. The zero-order chi connectivity index (χ0) is 11.6. The molecule has 0 saturated carbocycles. The van der Waals surface area contributed by atoms with E-state index in [4.69, 9.17) is 14.2 Å². The van der Waals surface area contributed by atoms with Gasteiger partial charge in [0.15, 0.2) is 0 Å². The van der Waals surface area contributed by atoms with E-state index in [9.17, 15) is 4.79 Å². The van der Waals surface area contributed by atoms with Crippen LogP contribution in [0.2, 0.25) is 0 Å². The average Bonchev–Trinajstić information content (AvgIpc) is 2.33. The van der Waals surface area contributed by atoms with Crippen molar-refractivity contribution >= 4 is 5.97 Å². The monoisotopic (exact) mass is 228 g/mol. The van der Waals surface area contributed by atoms with Crippen molar-refractivity contribution in [3.63, 3.8) is 0 Å². The summed E-state index contributed by atoms with van der Waals surface area (Å²) in [5.41, 5.74) is 0. The summed E-state index contributed by atoms with van der Waals surface area (Å²) < 4.78 is 15.0. The van der Waals surface area contributed by atoms with Crippen LogP contribution < -0.4 is 0 Å². The van der Waals surface area contributed by atoms with Crippen LogP contribution in [0.1, 0.15) is 19.3 Å². The highest BCUT2D eigenvalue weighted by Gasteiger charge is 2.12. The second kappa shape index (κ2) is 8.30. The number of hydrogen-bond acceptors (Lipinski definition) is 4. The number of methoxy groups -OCH3 is 1. The second-order valence-electron chi connectivity index (χ2n) is 3.88. The lowest BCUT2D eigenvalue weighted by atomic mass is 9.95. The van der Waals surface area contributed by atoms with Crippen molar-refractivity contribution < 1.29 is 19.0 Å². The van der Waals surface area contributed by atoms with E-state index in [0.717, 1.165) is 19.3 Å². The molecule has 4 nitrogen and oxygen atoms in total. The van der Waals surface area contributed by atoms with Crippen molar-refractivity contribution in [3.8, 4) is 0 Å². The number of carbonyl (C=O) groups is 1. The maximum absolute atomic E-state index is 11.2. The van der Waals surface area contributed by atoms with Crippen molar-refractivity contribution in [2.45, 2.75) is 19.3 Å². The van der Waals surface area contributed by atoms with Crippen LogP contribution in [-0.2, 0) is 19.0 Å². The summed E-state index contributed by atoms with van der Waals surface area (Å²) in [6.07, 6.45) is 7.53. The molecule has 0 N–H and O–H groups in total. The largest absolute Gasteiger partial charge is 0.464 e. The minimum atomic E-state index is -0.286. The summed E-state index contributed by atoms with van der Waals surface area (Å²) >= 11 is 0. The lowest BCUT2D eigenvalue weighted by Crippen LogP contribution is -2.19. The average molecular weight is 228 g/mol. The molecule has 1 unspecified atom stereocenters. The van der Waals surface area contributed by atoms with Crippen LogP contribution in [0.4, 0.5) is 0 Å². The highest BCUT2D eigenvalue weighted by molar-refractivity contribution is 5.70. The predicted octanol–water partition coefficient (Wildman–Crippen LogP) is 1.55. The minimum absolute atomic E-state index is 0.0198. The molecule has 0 saturated heterocycles. The van der Waals surface area contributed by atoms with Gasteiger partial charge < -0.3 is 14.2 Å². The maximum Gasteiger partial charge on any atom is 0.332 e. The lowest BCUT2D eigenvalue weighted by molar-refractivity contribution is -0.150. The van der Waals surface area contributed by atoms with Crippen LogP contribution in [0.3, 0.4) is 0 Å². The molecule has 0 amide bonds. The van der Waals surface area contributed by atoms with E-state index in [0.29, 0.717) is 25.7 Å². The Balaban J connectivity index is 1.99. The van der Waals surface area contributed by atoms with Gasteiger partial charge in [-0.25, -0.2) is 4.79 Å². The normalized spacial score (nSPS) is 19.7. The van der Waals surface area contributed by atoms with Gasteiger partial charge in [-0.15, -0.1) is 0 Å². The van der Waals surface area contributed by atoms with E-state index in [1.807, 2.05) is 0 Å². The first-order valence-corrected chi connectivity index (χ1v) is 5.70. The Bertz CT molecular complexity index is 225. The molecule has 92 valence electrons. The first-order chi connectivity index (χ1) is 7.83. The lowest BCUT2D eigenvalue weighted by Gasteiger charge is -2.17. The predicted molar refractivity (Wildman–Crippen MR) is 60.1 cm³/mol. The molecule has 0 bridgehead atoms. The third kappa shape index (κ3) is 5.88. The molecular weight excluding hydrogens is 208 g/mol. The van der Waals surface area contributed by atoms with Crippen LogP contribution in [0.5, 0.6) is 0 Å². The summed E-state index contributed by atoms with van der Waals surface area (Å²) in [7, 11) is 1.60. The van der Waals surface area contributed by atoms with Gasteiger partial charge in [-0.1, -0.05) is 12.2 Å². The van der Waals surface area contributed by atoms with Crippen LogP contribution in [0, 0.1) is 5.92 Å². The standard InChI is InChI=1S/C12H20O4/c1-14-7-8-15-10-12(13)16-9-11-5-3-2-4-6-11/h2-3,11H,4-10H2,1H3. The third-order valence-corrected chi connectivity index (χ3v) is 2.51. The Kier molecular flexibility index (Phi) is 6.85. The molecule has 1 aliphatic carbocycles. The molecule has 0 fully saturated rings. The topological polar surface area (TPSA) is 44.8 Å². The number of ether oxygens (including phenoxy) is 3. The maximum atomic E-state index is 11.2. The van der Waals surface area contributed by atoms with Gasteiger partial charge >= 0.3 is 5.97 Å². The summed E-state index contributed by atoms with van der Waals surface area (Å²) in [5.74, 6) is 0.193. The Labute approximate surface area is 96.6 Å². The Morgan fingerprint density at radius 2 is 2.25 bits per heavy atom. The highest BCUT2D eigenvalue weighted by Crippen LogP contribution is 2.18. The van der Waals surface area contributed by atoms with Gasteiger partial charge in [0.25, 0.3) is 0 Å². The molecule has 16 heavy (non-hydrogen) atoms. The number of esters is 1. The quantitative estimate of drug-likeness (QED) is 0.377. The van der Waals surface area contributed by atoms with Crippen LogP contribution in [0.25, 0.3) is 0 Å². The summed E-state index contributed by atoms with van der Waals surface area (Å²) in [6.45, 7) is 1.46. The smallest absolute Gasteiger partial charge is 0.332 e.